The summed E-state index contributed by atoms with van der Waals surface area (Å²) in [4.78, 5) is 2.07. The molecule has 0 aliphatic rings. The van der Waals surface area contributed by atoms with Gasteiger partial charge in [-0.2, -0.15) is 5.26 Å². The highest BCUT2D eigenvalue weighted by Crippen LogP contribution is 1.96. The van der Waals surface area contributed by atoms with Crippen molar-refractivity contribution in [2.45, 2.75) is 32.7 Å². The van der Waals surface area contributed by atoms with Gasteiger partial charge < -0.3 is 0 Å². The highest BCUT2D eigenvalue weighted by molar-refractivity contribution is 4.85. The van der Waals surface area contributed by atoms with E-state index in [2.05, 4.69) is 17.9 Å². The lowest BCUT2D eigenvalue weighted by molar-refractivity contribution is 0.297. The Bertz CT molecular complexity index is 115. The van der Waals surface area contributed by atoms with E-state index >= 15 is 0 Å². The fourth-order valence-electron chi connectivity index (χ4n) is 0.700. The van der Waals surface area contributed by atoms with Crippen molar-refractivity contribution < 1.29 is 0 Å². The molecule has 0 radical (unpaired) electrons. The minimum absolute atomic E-state index is 0.0616. The zero-order chi connectivity index (χ0) is 7.98. The molecule has 0 fully saturated rings. The van der Waals surface area contributed by atoms with Crippen LogP contribution in [0.3, 0.4) is 0 Å². The Kier molecular flexibility index (Phi) is 4.96. The van der Waals surface area contributed by atoms with Crippen LogP contribution in [0.4, 0.5) is 0 Å². The van der Waals surface area contributed by atoms with Crippen LogP contribution in [0.25, 0.3) is 0 Å². The molecule has 0 bridgehead atoms. The van der Waals surface area contributed by atoms with Crippen molar-refractivity contribution in [1.82, 2.24) is 4.90 Å². The molecule has 0 rings (SSSR count). The van der Waals surface area contributed by atoms with Crippen molar-refractivity contribution in [3.8, 4) is 6.07 Å². The van der Waals surface area contributed by atoms with Crippen LogP contribution in [0, 0.1) is 11.3 Å². The van der Waals surface area contributed by atoms with Gasteiger partial charge in [0.15, 0.2) is 0 Å². The topological polar surface area (TPSA) is 27.0 Å². The van der Waals surface area contributed by atoms with Crippen molar-refractivity contribution in [3.63, 3.8) is 0 Å². The predicted octanol–water partition coefficient (Wildman–Crippen LogP) is 1.63. The van der Waals surface area contributed by atoms with E-state index < -0.39 is 0 Å². The Hall–Kier alpha value is -0.550. The summed E-state index contributed by atoms with van der Waals surface area (Å²) in [6.45, 7) is 5.12. The molecule has 0 saturated heterocycles. The molecular weight excluding hydrogens is 124 g/mol. The third kappa shape index (κ3) is 3.47. The van der Waals surface area contributed by atoms with Gasteiger partial charge in [-0.1, -0.05) is 13.3 Å². The molecule has 0 heterocycles. The lowest BCUT2D eigenvalue weighted by Crippen LogP contribution is -2.28. The first-order chi connectivity index (χ1) is 4.72. The molecule has 0 aromatic rings. The minimum atomic E-state index is 0.0616. The van der Waals surface area contributed by atoms with E-state index in [4.69, 9.17) is 5.26 Å². The van der Waals surface area contributed by atoms with E-state index in [0.29, 0.717) is 0 Å². The lowest BCUT2D eigenvalue weighted by Gasteiger charge is -2.17. The average molecular weight is 140 g/mol. The number of rotatable bonds is 4. The molecule has 2 heteroatoms. The number of nitrogens with zero attached hydrogens (tertiary/aromatic N) is 2. The fraction of sp³-hybridized carbons (Fsp3) is 0.875. The standard InChI is InChI=1S/C8H16N2/c1-4-5-6-10(3)8(2)7-9/h8H,4-6H2,1-3H3. The SMILES string of the molecule is CCCCN(C)C(C)C#N. The van der Waals surface area contributed by atoms with Crippen molar-refractivity contribution >= 4 is 0 Å². The van der Waals surface area contributed by atoms with Gasteiger partial charge in [-0.25, -0.2) is 0 Å². The van der Waals surface area contributed by atoms with E-state index in [9.17, 15) is 0 Å². The van der Waals surface area contributed by atoms with Crippen LogP contribution < -0.4 is 0 Å². The summed E-state index contributed by atoms with van der Waals surface area (Å²) < 4.78 is 0. The number of hydrogen-bond donors (Lipinski definition) is 0. The summed E-state index contributed by atoms with van der Waals surface area (Å²) in [5, 5.41) is 8.51. The molecule has 58 valence electrons. The number of hydrogen-bond acceptors (Lipinski definition) is 2. The summed E-state index contributed by atoms with van der Waals surface area (Å²) in [5.41, 5.74) is 0. The van der Waals surface area contributed by atoms with Crippen LogP contribution in [0.15, 0.2) is 0 Å². The van der Waals surface area contributed by atoms with Gasteiger partial charge in [0, 0.05) is 0 Å². The summed E-state index contributed by atoms with van der Waals surface area (Å²) >= 11 is 0. The lowest BCUT2D eigenvalue weighted by atomic mass is 10.3. The first-order valence-corrected chi connectivity index (χ1v) is 3.82. The molecule has 0 aromatic carbocycles. The van der Waals surface area contributed by atoms with Gasteiger partial charge in [0.25, 0.3) is 0 Å². The minimum Gasteiger partial charge on any atom is -0.291 e. The highest BCUT2D eigenvalue weighted by Gasteiger charge is 2.04. The number of nitriles is 1. The molecular formula is C8H16N2. The summed E-state index contributed by atoms with van der Waals surface area (Å²) in [7, 11) is 1.99. The molecule has 2 nitrogen and oxygen atoms in total. The van der Waals surface area contributed by atoms with Crippen LogP contribution in [0.5, 0.6) is 0 Å². The largest absolute Gasteiger partial charge is 0.291 e. The van der Waals surface area contributed by atoms with Crippen molar-refractivity contribution in [3.05, 3.63) is 0 Å². The molecule has 0 aliphatic heterocycles. The average Bonchev–Trinajstić information content (AvgIpc) is 1.98. The molecule has 0 spiro atoms. The Morgan fingerprint density at radius 3 is 2.60 bits per heavy atom. The van der Waals surface area contributed by atoms with E-state index in [-0.39, 0.29) is 6.04 Å². The second kappa shape index (κ2) is 5.25. The summed E-state index contributed by atoms with van der Waals surface area (Å²) in [5.74, 6) is 0. The summed E-state index contributed by atoms with van der Waals surface area (Å²) in [6.07, 6.45) is 2.38. The number of unbranched alkanes of at least 4 members (excludes halogenated alkanes) is 1. The van der Waals surface area contributed by atoms with Crippen molar-refractivity contribution in [2.75, 3.05) is 13.6 Å². The van der Waals surface area contributed by atoms with Gasteiger partial charge in [-0.05, 0) is 26.9 Å². The van der Waals surface area contributed by atoms with Gasteiger partial charge in [0.2, 0.25) is 0 Å². The molecule has 0 saturated carbocycles. The Labute approximate surface area is 63.4 Å². The second-order valence-electron chi connectivity index (χ2n) is 2.64. The maximum Gasteiger partial charge on any atom is 0.0946 e. The molecule has 0 amide bonds. The van der Waals surface area contributed by atoms with E-state index in [1.54, 1.807) is 0 Å². The molecule has 10 heavy (non-hydrogen) atoms. The molecule has 0 N–H and O–H groups in total. The third-order valence-corrected chi connectivity index (χ3v) is 1.71. The van der Waals surface area contributed by atoms with E-state index in [1.165, 1.54) is 12.8 Å². The first-order valence-electron chi connectivity index (χ1n) is 3.82. The third-order valence-electron chi connectivity index (χ3n) is 1.71. The first kappa shape index (κ1) is 9.45. The Balaban J connectivity index is 3.43. The maximum atomic E-state index is 8.51. The Morgan fingerprint density at radius 2 is 2.20 bits per heavy atom. The molecule has 1 atom stereocenters. The van der Waals surface area contributed by atoms with Crippen molar-refractivity contribution in [1.29, 1.82) is 5.26 Å². The molecule has 1 unspecified atom stereocenters. The maximum absolute atomic E-state index is 8.51. The van der Waals surface area contributed by atoms with Crippen LogP contribution >= 0.6 is 0 Å². The van der Waals surface area contributed by atoms with Gasteiger partial charge in [0.05, 0.1) is 12.1 Å². The monoisotopic (exact) mass is 140 g/mol. The van der Waals surface area contributed by atoms with E-state index in [0.717, 1.165) is 6.54 Å². The highest BCUT2D eigenvalue weighted by atomic mass is 15.1. The molecule has 0 aromatic heterocycles. The van der Waals surface area contributed by atoms with Gasteiger partial charge in [-0.3, -0.25) is 4.90 Å². The van der Waals surface area contributed by atoms with Gasteiger partial charge >= 0.3 is 0 Å². The van der Waals surface area contributed by atoms with Crippen LogP contribution in [0.2, 0.25) is 0 Å². The zero-order valence-corrected chi connectivity index (χ0v) is 7.09. The van der Waals surface area contributed by atoms with Crippen LogP contribution in [-0.4, -0.2) is 24.5 Å². The second-order valence-corrected chi connectivity index (χ2v) is 2.64. The Morgan fingerprint density at radius 1 is 1.60 bits per heavy atom. The normalized spacial score (nSPS) is 13.1. The smallest absolute Gasteiger partial charge is 0.0946 e. The van der Waals surface area contributed by atoms with Crippen LogP contribution in [-0.2, 0) is 0 Å². The fourth-order valence-corrected chi connectivity index (χ4v) is 0.700. The van der Waals surface area contributed by atoms with Crippen LogP contribution in [0.1, 0.15) is 26.7 Å². The zero-order valence-electron chi connectivity index (χ0n) is 7.09. The van der Waals surface area contributed by atoms with Gasteiger partial charge in [0.1, 0.15) is 0 Å². The van der Waals surface area contributed by atoms with E-state index in [1.807, 2.05) is 14.0 Å². The quantitative estimate of drug-likeness (QED) is 0.593. The van der Waals surface area contributed by atoms with Gasteiger partial charge in [-0.15, -0.1) is 0 Å². The summed E-state index contributed by atoms with van der Waals surface area (Å²) in [6, 6.07) is 2.26. The van der Waals surface area contributed by atoms with Crippen molar-refractivity contribution in [2.24, 2.45) is 0 Å². The predicted molar refractivity (Wildman–Crippen MR) is 42.6 cm³/mol. The molecule has 0 aliphatic carbocycles.